The van der Waals surface area contributed by atoms with Crippen LogP contribution in [0.5, 0.6) is 0 Å². The van der Waals surface area contributed by atoms with Crippen molar-refractivity contribution in [2.75, 3.05) is 52.9 Å². The first-order chi connectivity index (χ1) is 13.8. The van der Waals surface area contributed by atoms with Gasteiger partial charge in [0.25, 0.3) is 0 Å². The number of aliphatic imine (C=N–C) groups is 1. The molecular formula is C20H33ClN6O2. The van der Waals surface area contributed by atoms with Crippen LogP contribution in [0, 0.1) is 0 Å². The lowest BCUT2D eigenvalue weighted by Gasteiger charge is -2.35. The lowest BCUT2D eigenvalue weighted by molar-refractivity contribution is 0.0147. The van der Waals surface area contributed by atoms with E-state index in [0.717, 1.165) is 50.7 Å². The summed E-state index contributed by atoms with van der Waals surface area (Å²) in [7, 11) is 1.76. The Morgan fingerprint density at radius 3 is 2.48 bits per heavy atom. The van der Waals surface area contributed by atoms with Crippen LogP contribution in [0.3, 0.4) is 0 Å². The van der Waals surface area contributed by atoms with Crippen LogP contribution in [-0.2, 0) is 11.2 Å². The Kier molecular flexibility index (Phi) is 8.98. The minimum absolute atomic E-state index is 0.226. The van der Waals surface area contributed by atoms with Gasteiger partial charge in [-0.2, -0.15) is 0 Å². The first-order valence-corrected chi connectivity index (χ1v) is 10.4. The summed E-state index contributed by atoms with van der Waals surface area (Å²) in [6.07, 6.45) is 2.41. The van der Waals surface area contributed by atoms with Crippen LogP contribution >= 0.6 is 11.6 Å². The van der Waals surface area contributed by atoms with E-state index in [1.165, 1.54) is 0 Å². The van der Waals surface area contributed by atoms with Crippen LogP contribution in [0.1, 0.15) is 26.3 Å². The van der Waals surface area contributed by atoms with Crippen molar-refractivity contribution in [3.63, 3.8) is 0 Å². The first kappa shape index (κ1) is 23.2. The van der Waals surface area contributed by atoms with Gasteiger partial charge < -0.3 is 20.3 Å². The Morgan fingerprint density at radius 2 is 1.90 bits per heavy atom. The van der Waals surface area contributed by atoms with E-state index < -0.39 is 5.60 Å². The van der Waals surface area contributed by atoms with Gasteiger partial charge in [0.05, 0.1) is 0 Å². The standard InChI is InChI=1S/C20H33ClN6O2/c1-20(2,3)29-19(28)27-13-11-26(12-14-27)10-9-24-18(22-4)23-8-7-16-5-6-17(21)25-15-16/h5-6,15H,7-14H2,1-4H3,(H2,22,23,24). The van der Waals surface area contributed by atoms with Crippen molar-refractivity contribution in [3.8, 4) is 0 Å². The SMILES string of the molecule is CN=C(NCCc1ccc(Cl)nc1)NCCN1CCN(C(=O)OC(C)(C)C)CC1. The fourth-order valence-electron chi connectivity index (χ4n) is 2.91. The topological polar surface area (TPSA) is 82.1 Å². The molecule has 0 saturated carbocycles. The molecule has 2 rings (SSSR count). The third-order valence-electron chi connectivity index (χ3n) is 4.46. The number of nitrogens with one attached hydrogen (secondary N) is 2. The number of hydrogen-bond acceptors (Lipinski definition) is 5. The summed E-state index contributed by atoms with van der Waals surface area (Å²) in [5, 5.41) is 7.14. The van der Waals surface area contributed by atoms with Crippen LogP contribution in [0.4, 0.5) is 4.79 Å². The van der Waals surface area contributed by atoms with Crippen molar-refractivity contribution >= 4 is 23.7 Å². The molecule has 1 aliphatic rings. The summed E-state index contributed by atoms with van der Waals surface area (Å²) in [5.41, 5.74) is 0.672. The zero-order chi connectivity index (χ0) is 21.3. The molecule has 9 heteroatoms. The second-order valence-electron chi connectivity index (χ2n) is 7.97. The van der Waals surface area contributed by atoms with E-state index in [4.69, 9.17) is 16.3 Å². The Balaban J connectivity index is 1.61. The molecule has 162 valence electrons. The highest BCUT2D eigenvalue weighted by Gasteiger charge is 2.25. The van der Waals surface area contributed by atoms with Crippen LogP contribution in [-0.4, -0.2) is 85.3 Å². The fourth-order valence-corrected chi connectivity index (χ4v) is 3.02. The van der Waals surface area contributed by atoms with E-state index in [1.54, 1.807) is 24.2 Å². The summed E-state index contributed by atoms with van der Waals surface area (Å²) in [6.45, 7) is 11.2. The van der Waals surface area contributed by atoms with E-state index in [2.05, 4.69) is 25.5 Å². The van der Waals surface area contributed by atoms with Crippen LogP contribution in [0.25, 0.3) is 0 Å². The van der Waals surface area contributed by atoms with E-state index in [9.17, 15) is 4.79 Å². The van der Waals surface area contributed by atoms with Crippen molar-refractivity contribution in [2.45, 2.75) is 32.8 Å². The van der Waals surface area contributed by atoms with Gasteiger partial charge in [0.15, 0.2) is 5.96 Å². The minimum atomic E-state index is -0.453. The van der Waals surface area contributed by atoms with Gasteiger partial charge in [-0.05, 0) is 38.8 Å². The number of carbonyl (C=O) groups excluding carboxylic acids is 1. The maximum Gasteiger partial charge on any atom is 0.410 e. The molecule has 1 aromatic rings. The molecule has 0 atom stereocenters. The third kappa shape index (κ3) is 8.87. The molecule has 8 nitrogen and oxygen atoms in total. The molecule has 0 radical (unpaired) electrons. The van der Waals surface area contributed by atoms with Crippen molar-refractivity contribution in [1.82, 2.24) is 25.4 Å². The number of amides is 1. The molecule has 1 aromatic heterocycles. The first-order valence-electron chi connectivity index (χ1n) is 10.0. The molecule has 1 saturated heterocycles. The summed E-state index contributed by atoms with van der Waals surface area (Å²) >= 11 is 5.80. The normalized spacial score (nSPS) is 15.9. The predicted molar refractivity (Wildman–Crippen MR) is 117 cm³/mol. The number of halogens is 1. The number of hydrogen-bond donors (Lipinski definition) is 2. The molecule has 2 heterocycles. The summed E-state index contributed by atoms with van der Waals surface area (Å²) in [5.74, 6) is 0.777. The molecule has 2 N–H and O–H groups in total. The van der Waals surface area contributed by atoms with Crippen LogP contribution in [0.2, 0.25) is 5.15 Å². The molecular weight excluding hydrogens is 392 g/mol. The number of rotatable bonds is 6. The smallest absolute Gasteiger partial charge is 0.410 e. The van der Waals surface area contributed by atoms with Crippen LogP contribution in [0.15, 0.2) is 23.3 Å². The minimum Gasteiger partial charge on any atom is -0.444 e. The number of guanidine groups is 1. The van der Waals surface area contributed by atoms with Gasteiger partial charge in [0.2, 0.25) is 0 Å². The molecule has 1 aliphatic heterocycles. The maximum absolute atomic E-state index is 12.1. The Labute approximate surface area is 178 Å². The van der Waals surface area contributed by atoms with E-state index in [0.29, 0.717) is 18.2 Å². The van der Waals surface area contributed by atoms with Gasteiger partial charge in [0.1, 0.15) is 10.8 Å². The van der Waals surface area contributed by atoms with Crippen LogP contribution < -0.4 is 10.6 Å². The Bertz CT molecular complexity index is 667. The fraction of sp³-hybridized carbons (Fsp3) is 0.650. The zero-order valence-corrected chi connectivity index (χ0v) is 18.6. The Hall–Kier alpha value is -2.06. The predicted octanol–water partition coefficient (Wildman–Crippen LogP) is 2.00. The number of piperazine rings is 1. The zero-order valence-electron chi connectivity index (χ0n) is 17.9. The molecule has 0 unspecified atom stereocenters. The van der Waals surface area contributed by atoms with E-state index >= 15 is 0 Å². The number of carbonyl (C=O) groups is 1. The highest BCUT2D eigenvalue weighted by Crippen LogP contribution is 2.11. The lowest BCUT2D eigenvalue weighted by atomic mass is 10.2. The quantitative estimate of drug-likeness (QED) is 0.413. The molecule has 1 amide bonds. The van der Waals surface area contributed by atoms with Gasteiger partial charge in [-0.1, -0.05) is 17.7 Å². The lowest BCUT2D eigenvalue weighted by Crippen LogP contribution is -2.51. The molecule has 0 aromatic carbocycles. The molecule has 29 heavy (non-hydrogen) atoms. The van der Waals surface area contributed by atoms with Crippen molar-refractivity contribution in [3.05, 3.63) is 29.0 Å². The van der Waals surface area contributed by atoms with E-state index in [1.807, 2.05) is 26.8 Å². The average Bonchev–Trinajstić information content (AvgIpc) is 2.67. The summed E-state index contributed by atoms with van der Waals surface area (Å²) in [6, 6.07) is 3.77. The molecule has 1 fully saturated rings. The third-order valence-corrected chi connectivity index (χ3v) is 4.69. The summed E-state index contributed by atoms with van der Waals surface area (Å²) in [4.78, 5) is 24.6. The number of ether oxygens (including phenoxy) is 1. The van der Waals surface area contributed by atoms with Gasteiger partial charge in [-0.15, -0.1) is 0 Å². The highest BCUT2D eigenvalue weighted by atomic mass is 35.5. The second kappa shape index (κ2) is 11.2. The second-order valence-corrected chi connectivity index (χ2v) is 8.36. The van der Waals surface area contributed by atoms with Crippen molar-refractivity contribution in [2.24, 2.45) is 4.99 Å². The summed E-state index contributed by atoms with van der Waals surface area (Å²) < 4.78 is 5.44. The number of nitrogens with zero attached hydrogens (tertiary/aromatic N) is 4. The van der Waals surface area contributed by atoms with Crippen molar-refractivity contribution < 1.29 is 9.53 Å². The number of aromatic nitrogens is 1. The van der Waals surface area contributed by atoms with Gasteiger partial charge in [0, 0.05) is 59.1 Å². The highest BCUT2D eigenvalue weighted by molar-refractivity contribution is 6.29. The largest absolute Gasteiger partial charge is 0.444 e. The van der Waals surface area contributed by atoms with Gasteiger partial charge >= 0.3 is 6.09 Å². The van der Waals surface area contributed by atoms with E-state index in [-0.39, 0.29) is 6.09 Å². The molecule has 0 spiro atoms. The monoisotopic (exact) mass is 424 g/mol. The maximum atomic E-state index is 12.1. The Morgan fingerprint density at radius 1 is 1.21 bits per heavy atom. The number of pyridine rings is 1. The molecule has 0 bridgehead atoms. The van der Waals surface area contributed by atoms with Crippen molar-refractivity contribution in [1.29, 1.82) is 0 Å². The average molecular weight is 425 g/mol. The van der Waals surface area contributed by atoms with Gasteiger partial charge in [-0.25, -0.2) is 9.78 Å². The molecule has 0 aliphatic carbocycles. The van der Waals surface area contributed by atoms with Gasteiger partial charge in [-0.3, -0.25) is 9.89 Å².